The summed E-state index contributed by atoms with van der Waals surface area (Å²) < 4.78 is 2.31. The molecule has 22 heavy (non-hydrogen) atoms. The van der Waals surface area contributed by atoms with Gasteiger partial charge in [0.1, 0.15) is 0 Å². The summed E-state index contributed by atoms with van der Waals surface area (Å²) in [5, 5.41) is 0. The quantitative estimate of drug-likeness (QED) is 0.717. The number of piperazine rings is 1. The first-order valence-electron chi connectivity index (χ1n) is 7.92. The van der Waals surface area contributed by atoms with E-state index in [0.29, 0.717) is 0 Å². The van der Waals surface area contributed by atoms with Crippen LogP contribution in [0.2, 0.25) is 0 Å². The van der Waals surface area contributed by atoms with Gasteiger partial charge in [-0.1, -0.05) is 36.4 Å². The molecule has 0 radical (unpaired) electrons. The van der Waals surface area contributed by atoms with Gasteiger partial charge in [0.05, 0.1) is 16.9 Å². The summed E-state index contributed by atoms with van der Waals surface area (Å²) >= 11 is 0. The number of aromatic nitrogens is 1. The molecule has 0 atom stereocenters. The minimum absolute atomic E-state index is 1.10. The smallest absolute Gasteiger partial charge is 0.0690 e. The second kappa shape index (κ2) is 5.50. The monoisotopic (exact) mass is 291 g/mol. The third kappa shape index (κ3) is 2.28. The first-order valence-corrected chi connectivity index (χ1v) is 7.92. The molecule has 3 heterocycles. The number of likely N-dealkylation sites (N-methyl/N-ethyl adjacent to an activating group) is 1. The third-order valence-electron chi connectivity index (χ3n) is 4.57. The predicted molar refractivity (Wildman–Crippen MR) is 92.5 cm³/mol. The summed E-state index contributed by atoms with van der Waals surface area (Å²) in [7, 11) is 2.20. The van der Waals surface area contributed by atoms with Gasteiger partial charge < -0.3 is 14.2 Å². The molecule has 1 aliphatic heterocycles. The van der Waals surface area contributed by atoms with Crippen LogP contribution in [0, 0.1) is 0 Å². The Labute approximate surface area is 131 Å². The Morgan fingerprint density at radius 3 is 2.32 bits per heavy atom. The highest BCUT2D eigenvalue weighted by molar-refractivity contribution is 5.82. The van der Waals surface area contributed by atoms with Crippen LogP contribution in [-0.2, 0) is 0 Å². The van der Waals surface area contributed by atoms with Crippen molar-refractivity contribution in [2.24, 2.45) is 0 Å². The normalized spacial score (nSPS) is 16.3. The molecular weight excluding hydrogens is 270 g/mol. The van der Waals surface area contributed by atoms with Gasteiger partial charge in [0, 0.05) is 32.4 Å². The first kappa shape index (κ1) is 13.4. The second-order valence-electron chi connectivity index (χ2n) is 6.03. The zero-order chi connectivity index (χ0) is 14.9. The Hall–Kier alpha value is -2.26. The lowest BCUT2D eigenvalue weighted by atomic mass is 10.1. The zero-order valence-electron chi connectivity index (χ0n) is 12.9. The molecule has 1 saturated heterocycles. The van der Waals surface area contributed by atoms with Gasteiger partial charge in [-0.05, 0) is 30.8 Å². The number of benzene rings is 1. The van der Waals surface area contributed by atoms with Crippen molar-refractivity contribution in [1.82, 2.24) is 9.30 Å². The van der Waals surface area contributed by atoms with E-state index in [1.807, 2.05) is 0 Å². The highest BCUT2D eigenvalue weighted by Gasteiger charge is 2.19. The molecule has 0 saturated carbocycles. The van der Waals surface area contributed by atoms with Crippen LogP contribution >= 0.6 is 0 Å². The van der Waals surface area contributed by atoms with Crippen molar-refractivity contribution in [3.05, 3.63) is 60.8 Å². The average Bonchev–Trinajstić information content (AvgIpc) is 2.96. The molecule has 3 heteroatoms. The molecule has 0 amide bonds. The van der Waals surface area contributed by atoms with E-state index in [9.17, 15) is 0 Å². The van der Waals surface area contributed by atoms with E-state index in [1.54, 1.807) is 0 Å². The maximum atomic E-state index is 2.52. The van der Waals surface area contributed by atoms with E-state index in [4.69, 9.17) is 0 Å². The molecule has 1 fully saturated rings. The van der Waals surface area contributed by atoms with Crippen LogP contribution in [0.1, 0.15) is 0 Å². The average molecular weight is 291 g/mol. The van der Waals surface area contributed by atoms with Crippen molar-refractivity contribution in [2.75, 3.05) is 38.1 Å². The van der Waals surface area contributed by atoms with Gasteiger partial charge in [-0.25, -0.2) is 0 Å². The molecule has 0 N–H and O–H groups in total. The Morgan fingerprint density at radius 1 is 0.818 bits per heavy atom. The zero-order valence-corrected chi connectivity index (χ0v) is 12.9. The maximum absolute atomic E-state index is 2.52. The van der Waals surface area contributed by atoms with Crippen molar-refractivity contribution in [1.29, 1.82) is 0 Å². The summed E-state index contributed by atoms with van der Waals surface area (Å²) in [5.41, 5.74) is 5.19. The summed E-state index contributed by atoms with van der Waals surface area (Å²) in [6.07, 6.45) is 2.16. The summed E-state index contributed by atoms with van der Waals surface area (Å²) in [6.45, 7) is 4.45. The van der Waals surface area contributed by atoms with Gasteiger partial charge >= 0.3 is 0 Å². The first-order chi connectivity index (χ1) is 10.8. The summed E-state index contributed by atoms with van der Waals surface area (Å²) in [6, 6.07) is 19.4. The second-order valence-corrected chi connectivity index (χ2v) is 6.03. The molecule has 0 unspecified atom stereocenters. The van der Waals surface area contributed by atoms with Crippen LogP contribution in [0.5, 0.6) is 0 Å². The number of pyridine rings is 1. The minimum Gasteiger partial charge on any atom is -0.367 e. The molecule has 0 spiro atoms. The van der Waals surface area contributed by atoms with Gasteiger partial charge in [-0.15, -0.1) is 0 Å². The van der Waals surface area contributed by atoms with Gasteiger partial charge in [-0.2, -0.15) is 0 Å². The standard InChI is InChI=1S/C19H21N3/c1-20-11-13-21(14-12-20)19-15-18(16-7-3-2-4-8-16)22-10-6-5-9-17(19)22/h2-10,15H,11-14H2,1H3. The molecule has 112 valence electrons. The third-order valence-corrected chi connectivity index (χ3v) is 4.57. The van der Waals surface area contributed by atoms with E-state index < -0.39 is 0 Å². The van der Waals surface area contributed by atoms with Crippen molar-refractivity contribution in [3.8, 4) is 11.3 Å². The fourth-order valence-corrected chi connectivity index (χ4v) is 3.27. The SMILES string of the molecule is CN1CCN(c2cc(-c3ccccc3)n3ccccc23)CC1. The number of nitrogens with zero attached hydrogens (tertiary/aromatic N) is 3. The molecule has 0 aliphatic carbocycles. The van der Waals surface area contributed by atoms with E-state index in [2.05, 4.69) is 82.0 Å². The minimum atomic E-state index is 1.10. The van der Waals surface area contributed by atoms with E-state index in [-0.39, 0.29) is 0 Å². The van der Waals surface area contributed by atoms with Crippen molar-refractivity contribution in [2.45, 2.75) is 0 Å². The van der Waals surface area contributed by atoms with Crippen LogP contribution in [-0.4, -0.2) is 42.5 Å². The summed E-state index contributed by atoms with van der Waals surface area (Å²) in [5.74, 6) is 0. The number of rotatable bonds is 2. The fourth-order valence-electron chi connectivity index (χ4n) is 3.27. The van der Waals surface area contributed by atoms with Crippen LogP contribution in [0.15, 0.2) is 60.8 Å². The topological polar surface area (TPSA) is 10.9 Å². The van der Waals surface area contributed by atoms with Crippen molar-refractivity contribution >= 4 is 11.2 Å². The maximum Gasteiger partial charge on any atom is 0.0690 e. The van der Waals surface area contributed by atoms with Gasteiger partial charge in [-0.3, -0.25) is 0 Å². The van der Waals surface area contributed by atoms with Crippen molar-refractivity contribution in [3.63, 3.8) is 0 Å². The Balaban J connectivity index is 1.83. The van der Waals surface area contributed by atoms with Gasteiger partial charge in [0.15, 0.2) is 0 Å². The van der Waals surface area contributed by atoms with E-state index in [1.165, 1.54) is 22.5 Å². The number of fused-ring (bicyclic) bond motifs is 1. The van der Waals surface area contributed by atoms with Crippen LogP contribution in [0.3, 0.4) is 0 Å². The van der Waals surface area contributed by atoms with Gasteiger partial charge in [0.25, 0.3) is 0 Å². The lowest BCUT2D eigenvalue weighted by molar-refractivity contribution is 0.313. The fraction of sp³-hybridized carbons (Fsp3) is 0.263. The summed E-state index contributed by atoms with van der Waals surface area (Å²) in [4.78, 5) is 4.91. The van der Waals surface area contributed by atoms with Crippen LogP contribution in [0.25, 0.3) is 16.8 Å². The largest absolute Gasteiger partial charge is 0.367 e. The number of hydrogen-bond acceptors (Lipinski definition) is 2. The molecule has 1 aliphatic rings. The number of anilines is 1. The van der Waals surface area contributed by atoms with Gasteiger partial charge in [0.2, 0.25) is 0 Å². The molecular formula is C19H21N3. The molecule has 0 bridgehead atoms. The predicted octanol–water partition coefficient (Wildman–Crippen LogP) is 3.36. The van der Waals surface area contributed by atoms with Crippen LogP contribution in [0.4, 0.5) is 5.69 Å². The Kier molecular flexibility index (Phi) is 3.35. The molecule has 2 aromatic heterocycles. The molecule has 3 nitrogen and oxygen atoms in total. The van der Waals surface area contributed by atoms with E-state index in [0.717, 1.165) is 26.2 Å². The molecule has 1 aromatic carbocycles. The Bertz CT molecular complexity index is 768. The molecule has 4 rings (SSSR count). The molecule has 3 aromatic rings. The van der Waals surface area contributed by atoms with Crippen LogP contribution < -0.4 is 4.90 Å². The Morgan fingerprint density at radius 2 is 1.55 bits per heavy atom. The lowest BCUT2D eigenvalue weighted by Gasteiger charge is -2.33. The highest BCUT2D eigenvalue weighted by atomic mass is 15.3. The van der Waals surface area contributed by atoms with E-state index >= 15 is 0 Å². The lowest BCUT2D eigenvalue weighted by Crippen LogP contribution is -2.44. The number of hydrogen-bond donors (Lipinski definition) is 0. The van der Waals surface area contributed by atoms with Crippen molar-refractivity contribution < 1.29 is 0 Å². The highest BCUT2D eigenvalue weighted by Crippen LogP contribution is 2.32.